The minimum absolute atomic E-state index is 0.123. The second-order valence-corrected chi connectivity index (χ2v) is 7.14. The molecule has 112 valence electrons. The summed E-state index contributed by atoms with van der Waals surface area (Å²) >= 11 is 0. The van der Waals surface area contributed by atoms with Crippen LogP contribution in [0, 0.1) is 23.7 Å². The van der Waals surface area contributed by atoms with E-state index in [2.05, 4.69) is 6.92 Å². The van der Waals surface area contributed by atoms with E-state index in [0.29, 0.717) is 11.8 Å². The number of carbonyl (C=O) groups excluding carboxylic acids is 1. The Morgan fingerprint density at radius 2 is 1.90 bits per heavy atom. The number of hydrogen-bond donors (Lipinski definition) is 0. The van der Waals surface area contributed by atoms with E-state index < -0.39 is 17.7 Å². The van der Waals surface area contributed by atoms with Crippen molar-refractivity contribution in [3.05, 3.63) is 0 Å². The van der Waals surface area contributed by atoms with Crippen LogP contribution in [0.1, 0.15) is 46.5 Å². The van der Waals surface area contributed by atoms with E-state index >= 15 is 0 Å². The van der Waals surface area contributed by atoms with Gasteiger partial charge in [0, 0.05) is 18.3 Å². The quantitative estimate of drug-likeness (QED) is 0.504. The molecule has 4 aliphatic heterocycles. The highest BCUT2D eigenvalue weighted by Crippen LogP contribution is 2.59. The molecule has 0 amide bonds. The molecule has 0 aromatic carbocycles. The van der Waals surface area contributed by atoms with Crippen LogP contribution < -0.4 is 0 Å². The molecule has 4 heterocycles. The van der Waals surface area contributed by atoms with Crippen LogP contribution in [0.3, 0.4) is 0 Å². The molecule has 5 fully saturated rings. The summed E-state index contributed by atoms with van der Waals surface area (Å²) in [6.45, 7) is 6.06. The third-order valence-corrected chi connectivity index (χ3v) is 5.97. The van der Waals surface area contributed by atoms with Crippen LogP contribution in [0.5, 0.6) is 0 Å². The first-order valence-corrected chi connectivity index (χ1v) is 7.71. The number of ether oxygens (including phenoxy) is 2. The van der Waals surface area contributed by atoms with Crippen LogP contribution in [-0.4, -0.2) is 23.6 Å². The lowest BCUT2D eigenvalue weighted by atomic mass is 9.58. The summed E-state index contributed by atoms with van der Waals surface area (Å²) in [4.78, 5) is 23.7. The molecule has 1 aliphatic carbocycles. The molecule has 20 heavy (non-hydrogen) atoms. The Hall–Kier alpha value is -0.650. The van der Waals surface area contributed by atoms with Crippen molar-refractivity contribution in [2.24, 2.45) is 23.7 Å². The summed E-state index contributed by atoms with van der Waals surface area (Å²) in [7, 11) is 0. The van der Waals surface area contributed by atoms with Crippen LogP contribution >= 0.6 is 0 Å². The average Bonchev–Trinajstić information content (AvgIpc) is 2.63. The Kier molecular flexibility index (Phi) is 2.58. The standard InChI is InChI=1S/C15H22O5/c1-8-4-5-11-9(2)12(16)17-13-15(11)10(8)6-7-14(3,18-13)19-20-15/h8-11,13H,4-7H2,1-3H3/t8-,9+,10+,11-,13-,14+,15-/m1/s1. The van der Waals surface area contributed by atoms with Gasteiger partial charge >= 0.3 is 5.97 Å². The number of hydrogen-bond acceptors (Lipinski definition) is 5. The van der Waals surface area contributed by atoms with E-state index in [1.165, 1.54) is 0 Å². The van der Waals surface area contributed by atoms with E-state index in [9.17, 15) is 4.79 Å². The third-order valence-electron chi connectivity index (χ3n) is 5.97. The lowest BCUT2D eigenvalue weighted by Crippen LogP contribution is -2.69. The van der Waals surface area contributed by atoms with E-state index in [4.69, 9.17) is 19.2 Å². The van der Waals surface area contributed by atoms with Crippen molar-refractivity contribution in [3.8, 4) is 0 Å². The highest BCUT2D eigenvalue weighted by Gasteiger charge is 2.69. The Morgan fingerprint density at radius 1 is 1.10 bits per heavy atom. The fourth-order valence-corrected chi connectivity index (χ4v) is 4.76. The molecule has 5 heteroatoms. The second kappa shape index (κ2) is 3.96. The summed E-state index contributed by atoms with van der Waals surface area (Å²) < 4.78 is 11.6. The van der Waals surface area contributed by atoms with Gasteiger partial charge in [0.05, 0.1) is 5.92 Å². The van der Waals surface area contributed by atoms with Crippen molar-refractivity contribution in [1.29, 1.82) is 0 Å². The lowest BCUT2D eigenvalue weighted by Gasteiger charge is -2.57. The van der Waals surface area contributed by atoms with E-state index in [1.54, 1.807) is 0 Å². The van der Waals surface area contributed by atoms with Gasteiger partial charge in [-0.15, -0.1) is 0 Å². The molecule has 2 bridgehead atoms. The van der Waals surface area contributed by atoms with Crippen molar-refractivity contribution < 1.29 is 24.0 Å². The third kappa shape index (κ3) is 1.46. The molecule has 4 saturated heterocycles. The van der Waals surface area contributed by atoms with Gasteiger partial charge in [-0.05, 0) is 32.1 Å². The zero-order valence-corrected chi connectivity index (χ0v) is 12.3. The molecule has 0 aromatic rings. The molecule has 1 spiro atoms. The highest BCUT2D eigenvalue weighted by molar-refractivity contribution is 5.74. The number of fused-ring (bicyclic) bond motifs is 2. The molecule has 5 aliphatic rings. The van der Waals surface area contributed by atoms with Gasteiger partial charge in [-0.1, -0.05) is 13.8 Å². The van der Waals surface area contributed by atoms with Gasteiger partial charge < -0.3 is 9.47 Å². The normalized spacial score (nSPS) is 57.8. The first kappa shape index (κ1) is 13.0. The zero-order chi connectivity index (χ0) is 14.1. The van der Waals surface area contributed by atoms with Gasteiger partial charge in [0.15, 0.2) is 5.60 Å². The Balaban J connectivity index is 1.84. The van der Waals surface area contributed by atoms with Gasteiger partial charge in [-0.3, -0.25) is 4.79 Å². The van der Waals surface area contributed by atoms with Gasteiger partial charge in [-0.25, -0.2) is 9.78 Å². The molecule has 0 radical (unpaired) electrons. The fraction of sp³-hybridized carbons (Fsp3) is 0.933. The van der Waals surface area contributed by atoms with Gasteiger partial charge in [0.25, 0.3) is 0 Å². The molecule has 5 nitrogen and oxygen atoms in total. The van der Waals surface area contributed by atoms with Crippen LogP contribution in [0.15, 0.2) is 0 Å². The molecular formula is C15H22O5. The first-order valence-electron chi connectivity index (χ1n) is 7.71. The Labute approximate surface area is 118 Å². The topological polar surface area (TPSA) is 54.0 Å². The Morgan fingerprint density at radius 3 is 2.70 bits per heavy atom. The average molecular weight is 282 g/mol. The van der Waals surface area contributed by atoms with Gasteiger partial charge in [0.1, 0.15) is 0 Å². The minimum Gasteiger partial charge on any atom is -0.432 e. The second-order valence-electron chi connectivity index (χ2n) is 7.14. The lowest BCUT2D eigenvalue weighted by molar-refractivity contribution is -0.559. The minimum atomic E-state index is -0.793. The van der Waals surface area contributed by atoms with Crippen molar-refractivity contribution in [2.45, 2.75) is 64.1 Å². The smallest absolute Gasteiger partial charge is 0.311 e. The van der Waals surface area contributed by atoms with Crippen molar-refractivity contribution in [1.82, 2.24) is 0 Å². The number of carbonyl (C=O) groups is 1. The Bertz CT molecular complexity index is 452. The molecule has 0 aromatic heterocycles. The van der Waals surface area contributed by atoms with Crippen LogP contribution in [0.25, 0.3) is 0 Å². The van der Waals surface area contributed by atoms with Gasteiger partial charge in [-0.2, -0.15) is 0 Å². The van der Waals surface area contributed by atoms with E-state index in [1.807, 2.05) is 13.8 Å². The maximum absolute atomic E-state index is 12.1. The van der Waals surface area contributed by atoms with E-state index in [0.717, 1.165) is 25.7 Å². The van der Waals surface area contributed by atoms with Crippen LogP contribution in [0.2, 0.25) is 0 Å². The van der Waals surface area contributed by atoms with Crippen LogP contribution in [0.4, 0.5) is 0 Å². The monoisotopic (exact) mass is 282 g/mol. The number of rotatable bonds is 0. The molecule has 5 rings (SSSR count). The summed E-state index contributed by atoms with van der Waals surface area (Å²) in [5, 5.41) is 0. The van der Waals surface area contributed by atoms with Crippen molar-refractivity contribution >= 4 is 5.97 Å². The largest absolute Gasteiger partial charge is 0.432 e. The highest BCUT2D eigenvalue weighted by atomic mass is 17.3. The maximum atomic E-state index is 12.1. The van der Waals surface area contributed by atoms with Gasteiger partial charge in [0.2, 0.25) is 12.1 Å². The molecule has 0 unspecified atom stereocenters. The predicted octanol–water partition coefficient (Wildman–Crippen LogP) is 2.39. The van der Waals surface area contributed by atoms with Crippen molar-refractivity contribution in [2.75, 3.05) is 0 Å². The van der Waals surface area contributed by atoms with E-state index in [-0.39, 0.29) is 17.8 Å². The zero-order valence-electron chi connectivity index (χ0n) is 12.3. The summed E-state index contributed by atoms with van der Waals surface area (Å²) in [5.41, 5.74) is -0.610. The summed E-state index contributed by atoms with van der Waals surface area (Å²) in [6.07, 6.45) is 3.24. The summed E-state index contributed by atoms with van der Waals surface area (Å²) in [6, 6.07) is 0. The number of esters is 1. The maximum Gasteiger partial charge on any atom is 0.311 e. The van der Waals surface area contributed by atoms with Crippen molar-refractivity contribution in [3.63, 3.8) is 0 Å². The molecular weight excluding hydrogens is 260 g/mol. The molecule has 1 saturated carbocycles. The molecule has 7 atom stereocenters. The van der Waals surface area contributed by atoms with Crippen LogP contribution in [-0.2, 0) is 24.0 Å². The fourth-order valence-electron chi connectivity index (χ4n) is 4.76. The predicted molar refractivity (Wildman–Crippen MR) is 68.0 cm³/mol. The first-order chi connectivity index (χ1) is 9.46. The SMILES string of the molecule is C[C@@H]1CC[C@@H]2[C@H](C)C(=O)O[C@@H]3O[C@]4(C)CC[C@@H]1[C@]32OO4. The summed E-state index contributed by atoms with van der Waals surface area (Å²) in [5.74, 6) is -0.137. The molecule has 0 N–H and O–H groups in total.